The summed E-state index contributed by atoms with van der Waals surface area (Å²) >= 11 is 0. The highest BCUT2D eigenvalue weighted by Crippen LogP contribution is 2.62. The van der Waals surface area contributed by atoms with E-state index in [-0.39, 0.29) is 5.41 Å². The Hall–Kier alpha value is -2.88. The number of methoxy groups -OCH3 is 2. The van der Waals surface area contributed by atoms with E-state index in [0.29, 0.717) is 5.56 Å². The number of rotatable bonds is 6. The van der Waals surface area contributed by atoms with Crippen LogP contribution in [0.4, 0.5) is 0 Å². The van der Waals surface area contributed by atoms with Gasteiger partial charge in [0, 0.05) is 17.2 Å². The molecule has 4 aliphatic carbocycles. The quantitative estimate of drug-likeness (QED) is 0.329. The van der Waals surface area contributed by atoms with E-state index in [1.807, 2.05) is 18.2 Å². The zero-order valence-electron chi connectivity index (χ0n) is 18.8. The molecule has 0 saturated heterocycles. The van der Waals surface area contributed by atoms with Crippen molar-refractivity contribution < 1.29 is 19.1 Å². The number of carbonyl (C=O) groups excluding carboxylic acids is 2. The summed E-state index contributed by atoms with van der Waals surface area (Å²) in [5.41, 5.74) is 4.88. The zero-order chi connectivity index (χ0) is 22.3. The third kappa shape index (κ3) is 3.66. The fourth-order valence-electron chi connectivity index (χ4n) is 7.01. The topological polar surface area (TPSA) is 52.6 Å². The number of ether oxygens (including phenoxy) is 2. The maximum atomic E-state index is 11.9. The summed E-state index contributed by atoms with van der Waals surface area (Å²) in [6, 6.07) is 12.1. The Labute approximate surface area is 189 Å². The van der Waals surface area contributed by atoms with Gasteiger partial charge in [-0.25, -0.2) is 4.79 Å². The summed E-state index contributed by atoms with van der Waals surface area (Å²) in [5.74, 6) is 3.10. The third-order valence-electron chi connectivity index (χ3n) is 7.94. The fraction of sp³-hybridized carbons (Fsp3) is 0.429. The van der Waals surface area contributed by atoms with E-state index in [1.165, 1.54) is 57.3 Å². The minimum atomic E-state index is -0.419. The average molecular weight is 431 g/mol. The van der Waals surface area contributed by atoms with Crippen molar-refractivity contribution in [3.63, 3.8) is 0 Å². The molecule has 2 aromatic rings. The average Bonchev–Trinajstić information content (AvgIpc) is 2.81. The van der Waals surface area contributed by atoms with Gasteiger partial charge in [0.15, 0.2) is 6.29 Å². The van der Waals surface area contributed by atoms with Crippen LogP contribution in [0, 0.1) is 17.8 Å². The van der Waals surface area contributed by atoms with Gasteiger partial charge in [0.05, 0.1) is 14.2 Å². The van der Waals surface area contributed by atoms with Crippen molar-refractivity contribution in [3.8, 4) is 16.9 Å². The maximum absolute atomic E-state index is 11.9. The summed E-state index contributed by atoms with van der Waals surface area (Å²) in [7, 11) is 3.11. The predicted molar refractivity (Wildman–Crippen MR) is 125 cm³/mol. The van der Waals surface area contributed by atoms with Gasteiger partial charge in [-0.3, -0.25) is 4.79 Å². The van der Waals surface area contributed by atoms with Crippen LogP contribution in [0.5, 0.6) is 5.75 Å². The van der Waals surface area contributed by atoms with Crippen LogP contribution in [-0.4, -0.2) is 26.5 Å². The molecule has 166 valence electrons. The van der Waals surface area contributed by atoms with Crippen LogP contribution in [-0.2, 0) is 14.9 Å². The smallest absolute Gasteiger partial charge is 0.330 e. The second-order valence-electron chi connectivity index (χ2n) is 9.93. The summed E-state index contributed by atoms with van der Waals surface area (Å²) < 4.78 is 10.5. The molecule has 0 amide bonds. The molecule has 0 aliphatic heterocycles. The third-order valence-corrected chi connectivity index (χ3v) is 7.94. The zero-order valence-corrected chi connectivity index (χ0v) is 18.8. The Balaban J connectivity index is 1.54. The Morgan fingerprint density at radius 1 is 0.969 bits per heavy atom. The molecular weight excluding hydrogens is 400 g/mol. The molecule has 4 saturated carbocycles. The van der Waals surface area contributed by atoms with Crippen LogP contribution < -0.4 is 4.74 Å². The Morgan fingerprint density at radius 3 is 2.25 bits per heavy atom. The number of hydrogen-bond donors (Lipinski definition) is 0. The van der Waals surface area contributed by atoms with Crippen molar-refractivity contribution in [2.45, 2.75) is 43.9 Å². The molecule has 4 aliphatic rings. The monoisotopic (exact) mass is 430 g/mol. The first-order valence-electron chi connectivity index (χ1n) is 11.6. The summed E-state index contributed by atoms with van der Waals surface area (Å²) in [5, 5.41) is 0. The molecule has 0 spiro atoms. The molecule has 0 unspecified atom stereocenters. The van der Waals surface area contributed by atoms with Crippen LogP contribution in [0.3, 0.4) is 0 Å². The van der Waals surface area contributed by atoms with Gasteiger partial charge in [0.25, 0.3) is 0 Å². The van der Waals surface area contributed by atoms with Crippen LogP contribution in [0.1, 0.15) is 60.0 Å². The molecule has 32 heavy (non-hydrogen) atoms. The molecule has 0 radical (unpaired) electrons. The molecule has 4 bridgehead atoms. The fourth-order valence-corrected chi connectivity index (χ4v) is 7.01. The lowest BCUT2D eigenvalue weighted by atomic mass is 9.48. The lowest BCUT2D eigenvalue weighted by Gasteiger charge is -2.57. The highest BCUT2D eigenvalue weighted by atomic mass is 16.5. The Kier molecular flexibility index (Phi) is 5.40. The van der Waals surface area contributed by atoms with Gasteiger partial charge in [-0.05, 0) is 103 Å². The standard InChI is InChI=1S/C28H30O4/c1-31-26-7-5-22(24-6-3-18(12-23(24)17-29)4-8-27(30)32-2)13-25(26)28-14-19-9-20(15-28)11-21(10-19)16-28/h3-8,12-13,17,19-21H,9-11,14-16H2,1-2H3. The van der Waals surface area contributed by atoms with Crippen molar-refractivity contribution in [1.29, 1.82) is 0 Å². The van der Waals surface area contributed by atoms with Gasteiger partial charge < -0.3 is 9.47 Å². The molecule has 4 fully saturated rings. The molecule has 0 aromatic heterocycles. The van der Waals surface area contributed by atoms with Crippen molar-refractivity contribution in [3.05, 3.63) is 59.2 Å². The highest BCUT2D eigenvalue weighted by Gasteiger charge is 2.52. The minimum absolute atomic E-state index is 0.209. The molecule has 0 heterocycles. The number of hydrogen-bond acceptors (Lipinski definition) is 4. The largest absolute Gasteiger partial charge is 0.496 e. The number of aldehydes is 1. The first-order chi connectivity index (χ1) is 15.5. The van der Waals surface area contributed by atoms with E-state index >= 15 is 0 Å². The van der Waals surface area contributed by atoms with Crippen molar-refractivity contribution in [2.24, 2.45) is 17.8 Å². The highest BCUT2D eigenvalue weighted by molar-refractivity contribution is 5.91. The molecule has 2 aromatic carbocycles. The summed E-state index contributed by atoms with van der Waals surface area (Å²) in [6.45, 7) is 0. The molecular formula is C28H30O4. The molecule has 4 heteroatoms. The summed E-state index contributed by atoms with van der Waals surface area (Å²) in [6.07, 6.45) is 11.9. The maximum Gasteiger partial charge on any atom is 0.330 e. The van der Waals surface area contributed by atoms with Gasteiger partial charge >= 0.3 is 5.97 Å². The minimum Gasteiger partial charge on any atom is -0.496 e. The van der Waals surface area contributed by atoms with Crippen molar-refractivity contribution in [1.82, 2.24) is 0 Å². The normalized spacial score (nSPS) is 28.1. The SMILES string of the molecule is COC(=O)C=Cc1ccc(-c2ccc(OC)c(C34CC5CC(CC(C5)C3)C4)c2)c(C=O)c1. The van der Waals surface area contributed by atoms with E-state index in [0.717, 1.165) is 46.5 Å². The van der Waals surface area contributed by atoms with E-state index in [2.05, 4.69) is 22.9 Å². The Morgan fingerprint density at radius 2 is 1.66 bits per heavy atom. The lowest BCUT2D eigenvalue weighted by molar-refractivity contribution is -0.134. The van der Waals surface area contributed by atoms with E-state index in [4.69, 9.17) is 4.74 Å². The van der Waals surface area contributed by atoms with Crippen molar-refractivity contribution >= 4 is 18.3 Å². The number of carbonyl (C=O) groups is 2. The van der Waals surface area contributed by atoms with Crippen LogP contribution in [0.25, 0.3) is 17.2 Å². The van der Waals surface area contributed by atoms with Gasteiger partial charge in [0.2, 0.25) is 0 Å². The van der Waals surface area contributed by atoms with Crippen LogP contribution >= 0.6 is 0 Å². The molecule has 4 nitrogen and oxygen atoms in total. The second-order valence-corrected chi connectivity index (χ2v) is 9.93. The van der Waals surface area contributed by atoms with Gasteiger partial charge in [-0.15, -0.1) is 0 Å². The number of benzene rings is 2. The second kappa shape index (κ2) is 8.23. The Bertz CT molecular complexity index is 1050. The van der Waals surface area contributed by atoms with Crippen molar-refractivity contribution in [2.75, 3.05) is 14.2 Å². The first kappa shape index (κ1) is 21.0. The molecule has 0 N–H and O–H groups in total. The first-order valence-corrected chi connectivity index (χ1v) is 11.6. The van der Waals surface area contributed by atoms with E-state index in [1.54, 1.807) is 13.2 Å². The van der Waals surface area contributed by atoms with E-state index in [9.17, 15) is 9.59 Å². The van der Waals surface area contributed by atoms with Crippen LogP contribution in [0.2, 0.25) is 0 Å². The van der Waals surface area contributed by atoms with Crippen LogP contribution in [0.15, 0.2) is 42.5 Å². The summed E-state index contributed by atoms with van der Waals surface area (Å²) in [4.78, 5) is 23.3. The van der Waals surface area contributed by atoms with Gasteiger partial charge in [0.1, 0.15) is 5.75 Å². The lowest BCUT2D eigenvalue weighted by Crippen LogP contribution is -2.48. The predicted octanol–water partition coefficient (Wildman–Crippen LogP) is 5.83. The van der Waals surface area contributed by atoms with Gasteiger partial charge in [-0.1, -0.05) is 18.2 Å². The number of esters is 1. The van der Waals surface area contributed by atoms with E-state index < -0.39 is 5.97 Å². The molecule has 0 atom stereocenters. The van der Waals surface area contributed by atoms with Gasteiger partial charge in [-0.2, -0.15) is 0 Å². The molecule has 6 rings (SSSR count).